The van der Waals surface area contributed by atoms with Gasteiger partial charge in [0, 0.05) is 12.2 Å². The number of urea groups is 1. The molecule has 0 fully saturated rings. The van der Waals surface area contributed by atoms with Gasteiger partial charge in [0.05, 0.1) is 6.61 Å². The molecule has 1 atom stereocenters. The number of rotatable bonds is 6. The highest BCUT2D eigenvalue weighted by Gasteiger charge is 2.32. The van der Waals surface area contributed by atoms with Crippen LogP contribution in [0.1, 0.15) is 26.3 Å². The van der Waals surface area contributed by atoms with Gasteiger partial charge in [-0.1, -0.05) is 32.0 Å². The zero-order chi connectivity index (χ0) is 18.4. The Bertz CT molecular complexity index is 645. The number of para-hydroxylation sites is 1. The van der Waals surface area contributed by atoms with Crippen molar-refractivity contribution in [3.63, 3.8) is 0 Å². The molecule has 0 saturated heterocycles. The van der Waals surface area contributed by atoms with Crippen LogP contribution in [0.5, 0.6) is 0 Å². The van der Waals surface area contributed by atoms with E-state index >= 15 is 0 Å². The molecule has 1 aromatic carbocycles. The zero-order valence-electron chi connectivity index (χ0n) is 14.9. The van der Waals surface area contributed by atoms with Gasteiger partial charge in [-0.3, -0.25) is 9.59 Å². The first-order chi connectivity index (χ1) is 11.9. The summed E-state index contributed by atoms with van der Waals surface area (Å²) < 4.78 is 4.76. The van der Waals surface area contributed by atoms with E-state index in [1.807, 2.05) is 38.1 Å². The molecule has 7 nitrogen and oxygen atoms in total. The molecule has 0 unspecified atom stereocenters. The van der Waals surface area contributed by atoms with Gasteiger partial charge in [0.25, 0.3) is 0 Å². The number of anilines is 1. The van der Waals surface area contributed by atoms with E-state index in [0.717, 1.165) is 17.7 Å². The van der Waals surface area contributed by atoms with Crippen molar-refractivity contribution in [2.75, 3.05) is 24.6 Å². The number of amides is 3. The normalized spacial score (nSPS) is 14.0. The Kier molecular flexibility index (Phi) is 6.38. The highest BCUT2D eigenvalue weighted by molar-refractivity contribution is 6.00. The first-order valence-corrected chi connectivity index (χ1v) is 8.53. The third-order valence-corrected chi connectivity index (χ3v) is 4.07. The molecule has 0 spiro atoms. The Morgan fingerprint density at radius 2 is 1.96 bits per heavy atom. The highest BCUT2D eigenvalue weighted by Crippen LogP contribution is 2.28. The van der Waals surface area contributed by atoms with Gasteiger partial charge in [-0.15, -0.1) is 0 Å². The molecule has 0 saturated carbocycles. The molecule has 7 heteroatoms. The van der Waals surface area contributed by atoms with E-state index < -0.39 is 18.0 Å². The SMILES string of the molecule is CCOC(=O)CNC(=O)N[C@H](C(=O)N1CCc2ccccc21)C(C)C. The quantitative estimate of drug-likeness (QED) is 0.763. The van der Waals surface area contributed by atoms with E-state index in [-0.39, 0.29) is 25.0 Å². The van der Waals surface area contributed by atoms with Gasteiger partial charge >= 0.3 is 12.0 Å². The van der Waals surface area contributed by atoms with Crippen LogP contribution in [0.4, 0.5) is 10.5 Å². The lowest BCUT2D eigenvalue weighted by Crippen LogP contribution is -2.54. The molecule has 0 aliphatic carbocycles. The molecule has 0 bridgehead atoms. The minimum absolute atomic E-state index is 0.0893. The first-order valence-electron chi connectivity index (χ1n) is 8.53. The van der Waals surface area contributed by atoms with Crippen LogP contribution in [0, 0.1) is 5.92 Å². The third-order valence-electron chi connectivity index (χ3n) is 4.07. The second-order valence-corrected chi connectivity index (χ2v) is 6.22. The van der Waals surface area contributed by atoms with Crippen LogP contribution in [0.3, 0.4) is 0 Å². The summed E-state index contributed by atoms with van der Waals surface area (Å²) in [4.78, 5) is 38.0. The number of hydrogen-bond acceptors (Lipinski definition) is 4. The standard InChI is InChI=1S/C18H25N3O4/c1-4-25-15(22)11-19-18(24)20-16(12(2)3)17(23)21-10-9-13-7-5-6-8-14(13)21/h5-8,12,16H,4,9-11H2,1-3H3,(H2,19,20,24)/t16-/m0/s1. The van der Waals surface area contributed by atoms with Crippen LogP contribution < -0.4 is 15.5 Å². The maximum absolute atomic E-state index is 12.9. The highest BCUT2D eigenvalue weighted by atomic mass is 16.5. The first kappa shape index (κ1) is 18.8. The van der Waals surface area contributed by atoms with Crippen molar-refractivity contribution in [1.82, 2.24) is 10.6 Å². The molecule has 2 rings (SSSR count). The molecule has 3 amide bonds. The number of nitrogens with zero attached hydrogens (tertiary/aromatic N) is 1. The van der Waals surface area contributed by atoms with E-state index in [9.17, 15) is 14.4 Å². The van der Waals surface area contributed by atoms with E-state index in [4.69, 9.17) is 4.74 Å². The van der Waals surface area contributed by atoms with E-state index in [1.54, 1.807) is 11.8 Å². The van der Waals surface area contributed by atoms with E-state index in [2.05, 4.69) is 10.6 Å². The van der Waals surface area contributed by atoms with Gasteiger partial charge in [-0.05, 0) is 30.9 Å². The molecule has 136 valence electrons. The van der Waals surface area contributed by atoms with Crippen LogP contribution >= 0.6 is 0 Å². The maximum atomic E-state index is 12.9. The number of nitrogens with one attached hydrogen (secondary N) is 2. The van der Waals surface area contributed by atoms with Crippen molar-refractivity contribution in [1.29, 1.82) is 0 Å². The summed E-state index contributed by atoms with van der Waals surface area (Å²) in [6, 6.07) is 6.54. The smallest absolute Gasteiger partial charge is 0.325 e. The summed E-state index contributed by atoms with van der Waals surface area (Å²) in [5, 5.41) is 5.09. The number of esters is 1. The van der Waals surface area contributed by atoms with Crippen molar-refractivity contribution in [2.45, 2.75) is 33.2 Å². The van der Waals surface area contributed by atoms with Gasteiger partial charge in [-0.2, -0.15) is 0 Å². The number of carbonyl (C=O) groups is 3. The Morgan fingerprint density at radius 3 is 2.64 bits per heavy atom. The Labute approximate surface area is 147 Å². The molecule has 0 radical (unpaired) electrons. The summed E-state index contributed by atoms with van der Waals surface area (Å²) in [5.41, 5.74) is 2.03. The minimum atomic E-state index is -0.673. The molecule has 1 aliphatic heterocycles. The molecule has 1 heterocycles. The van der Waals surface area contributed by atoms with Crippen LogP contribution in [0.15, 0.2) is 24.3 Å². The second-order valence-electron chi connectivity index (χ2n) is 6.22. The average Bonchev–Trinajstić information content (AvgIpc) is 3.01. The lowest BCUT2D eigenvalue weighted by Gasteiger charge is -2.27. The average molecular weight is 347 g/mol. The van der Waals surface area contributed by atoms with Crippen molar-refractivity contribution in [3.05, 3.63) is 29.8 Å². The predicted octanol–water partition coefficient (Wildman–Crippen LogP) is 1.46. The van der Waals surface area contributed by atoms with Gasteiger partial charge < -0.3 is 20.3 Å². The Morgan fingerprint density at radius 1 is 1.24 bits per heavy atom. The minimum Gasteiger partial charge on any atom is -0.465 e. The van der Waals surface area contributed by atoms with E-state index in [0.29, 0.717) is 6.54 Å². The van der Waals surface area contributed by atoms with Crippen LogP contribution in [0.25, 0.3) is 0 Å². The van der Waals surface area contributed by atoms with Gasteiger partial charge in [-0.25, -0.2) is 4.79 Å². The predicted molar refractivity (Wildman–Crippen MR) is 94.3 cm³/mol. The molecule has 2 N–H and O–H groups in total. The molecule has 1 aromatic rings. The maximum Gasteiger partial charge on any atom is 0.325 e. The van der Waals surface area contributed by atoms with Crippen molar-refractivity contribution in [2.24, 2.45) is 5.92 Å². The summed E-state index contributed by atoms with van der Waals surface area (Å²) in [5.74, 6) is -0.751. The molecular weight excluding hydrogens is 322 g/mol. The van der Waals surface area contributed by atoms with E-state index in [1.165, 1.54) is 0 Å². The number of ether oxygens (including phenoxy) is 1. The number of benzene rings is 1. The van der Waals surface area contributed by atoms with Gasteiger partial charge in [0.15, 0.2) is 0 Å². The summed E-state index contributed by atoms with van der Waals surface area (Å²) in [7, 11) is 0. The van der Waals surface area contributed by atoms with Crippen LogP contribution in [-0.4, -0.2) is 43.6 Å². The fourth-order valence-electron chi connectivity index (χ4n) is 2.81. The fraction of sp³-hybridized carbons (Fsp3) is 0.500. The second kappa shape index (κ2) is 8.50. The van der Waals surface area contributed by atoms with Crippen molar-refractivity contribution < 1.29 is 19.1 Å². The topological polar surface area (TPSA) is 87.7 Å². The lowest BCUT2D eigenvalue weighted by molar-refractivity contribution is -0.141. The number of hydrogen-bond donors (Lipinski definition) is 2. The molecule has 25 heavy (non-hydrogen) atoms. The summed E-state index contributed by atoms with van der Waals surface area (Å²) >= 11 is 0. The van der Waals surface area contributed by atoms with Crippen molar-refractivity contribution in [3.8, 4) is 0 Å². The molecule has 1 aliphatic rings. The number of carbonyl (C=O) groups excluding carboxylic acids is 3. The fourth-order valence-corrected chi connectivity index (χ4v) is 2.81. The summed E-state index contributed by atoms with van der Waals surface area (Å²) in [6.45, 7) is 6.06. The lowest BCUT2D eigenvalue weighted by atomic mass is 10.0. The molecule has 0 aromatic heterocycles. The Balaban J connectivity index is 2.00. The third kappa shape index (κ3) is 4.71. The summed E-state index contributed by atoms with van der Waals surface area (Å²) in [6.07, 6.45) is 0.807. The largest absolute Gasteiger partial charge is 0.465 e. The van der Waals surface area contributed by atoms with Gasteiger partial charge in [0.2, 0.25) is 5.91 Å². The Hall–Kier alpha value is -2.57. The monoisotopic (exact) mass is 347 g/mol. The van der Waals surface area contributed by atoms with Crippen LogP contribution in [-0.2, 0) is 20.7 Å². The van der Waals surface area contributed by atoms with Crippen molar-refractivity contribution >= 4 is 23.6 Å². The van der Waals surface area contributed by atoms with Crippen LogP contribution in [0.2, 0.25) is 0 Å². The van der Waals surface area contributed by atoms with Gasteiger partial charge in [0.1, 0.15) is 12.6 Å². The molecular formula is C18H25N3O4. The zero-order valence-corrected chi connectivity index (χ0v) is 14.9. The number of fused-ring (bicyclic) bond motifs is 1.